The molecule has 0 aromatic heterocycles. The van der Waals surface area contributed by atoms with Crippen LogP contribution in [0.3, 0.4) is 0 Å². The highest BCUT2D eigenvalue weighted by atomic mass is 35.5. The number of rotatable bonds is 5. The fraction of sp³-hybridized carbons (Fsp3) is 0.250. The van der Waals surface area contributed by atoms with Crippen LogP contribution in [0, 0.1) is 6.92 Å². The van der Waals surface area contributed by atoms with Crippen LogP contribution in [-0.4, -0.2) is 13.1 Å². The molecule has 0 unspecified atom stereocenters. The molecule has 0 bridgehead atoms. The average molecular weight is 275 g/mol. The topological polar surface area (TPSA) is 29.3 Å². The smallest absolute Gasteiger partial charge is 0.0430 e. The van der Waals surface area contributed by atoms with Crippen LogP contribution >= 0.6 is 11.6 Å². The second-order valence-electron chi connectivity index (χ2n) is 4.67. The van der Waals surface area contributed by atoms with Gasteiger partial charge in [-0.15, -0.1) is 0 Å². The molecule has 0 aliphatic carbocycles. The third-order valence-electron chi connectivity index (χ3n) is 3.08. The van der Waals surface area contributed by atoms with E-state index in [1.54, 1.807) is 0 Å². The predicted octanol–water partition coefficient (Wildman–Crippen LogP) is 3.61. The van der Waals surface area contributed by atoms with Gasteiger partial charge in [0.15, 0.2) is 0 Å². The fourth-order valence-corrected chi connectivity index (χ4v) is 2.15. The highest BCUT2D eigenvalue weighted by Gasteiger charge is 2.06. The van der Waals surface area contributed by atoms with Crippen molar-refractivity contribution in [3.05, 3.63) is 64.7 Å². The summed E-state index contributed by atoms with van der Waals surface area (Å²) >= 11 is 5.91. The SMILES string of the molecule is Cc1ccc(N(CCN)Cc2ccc(Cl)cc2)cc1. The van der Waals surface area contributed by atoms with Gasteiger partial charge in [0.2, 0.25) is 0 Å². The van der Waals surface area contributed by atoms with E-state index in [4.69, 9.17) is 17.3 Å². The lowest BCUT2D eigenvalue weighted by Crippen LogP contribution is -2.28. The van der Waals surface area contributed by atoms with Gasteiger partial charge in [-0.3, -0.25) is 0 Å². The summed E-state index contributed by atoms with van der Waals surface area (Å²) in [4.78, 5) is 2.28. The molecule has 0 spiro atoms. The van der Waals surface area contributed by atoms with Crippen molar-refractivity contribution >= 4 is 17.3 Å². The van der Waals surface area contributed by atoms with E-state index in [1.807, 2.05) is 12.1 Å². The Bertz CT molecular complexity index is 505. The van der Waals surface area contributed by atoms with Gasteiger partial charge >= 0.3 is 0 Å². The van der Waals surface area contributed by atoms with Crippen molar-refractivity contribution < 1.29 is 0 Å². The first-order valence-corrected chi connectivity index (χ1v) is 6.83. The van der Waals surface area contributed by atoms with E-state index in [2.05, 4.69) is 48.2 Å². The van der Waals surface area contributed by atoms with E-state index in [0.717, 1.165) is 18.1 Å². The summed E-state index contributed by atoms with van der Waals surface area (Å²) in [5.74, 6) is 0. The van der Waals surface area contributed by atoms with Gasteiger partial charge in [0.1, 0.15) is 0 Å². The molecular weight excluding hydrogens is 256 g/mol. The maximum atomic E-state index is 5.91. The summed E-state index contributed by atoms with van der Waals surface area (Å²) in [7, 11) is 0. The molecule has 19 heavy (non-hydrogen) atoms. The lowest BCUT2D eigenvalue weighted by Gasteiger charge is -2.24. The lowest BCUT2D eigenvalue weighted by molar-refractivity contribution is 0.790. The van der Waals surface area contributed by atoms with E-state index in [1.165, 1.54) is 16.8 Å². The summed E-state index contributed by atoms with van der Waals surface area (Å²) < 4.78 is 0. The average Bonchev–Trinajstić information content (AvgIpc) is 2.42. The zero-order chi connectivity index (χ0) is 13.7. The summed E-state index contributed by atoms with van der Waals surface area (Å²) in [6.45, 7) is 4.42. The van der Waals surface area contributed by atoms with Crippen LogP contribution in [0.5, 0.6) is 0 Å². The van der Waals surface area contributed by atoms with Crippen molar-refractivity contribution in [2.24, 2.45) is 5.73 Å². The minimum atomic E-state index is 0.640. The Morgan fingerprint density at radius 1 is 1.00 bits per heavy atom. The van der Waals surface area contributed by atoms with Crippen LogP contribution in [0.25, 0.3) is 0 Å². The molecule has 100 valence electrons. The molecule has 0 amide bonds. The Hall–Kier alpha value is -1.51. The largest absolute Gasteiger partial charge is 0.366 e. The molecule has 0 fully saturated rings. The van der Waals surface area contributed by atoms with Crippen LogP contribution < -0.4 is 10.6 Å². The van der Waals surface area contributed by atoms with E-state index in [-0.39, 0.29) is 0 Å². The molecule has 3 heteroatoms. The lowest BCUT2D eigenvalue weighted by atomic mass is 10.1. The summed E-state index contributed by atoms with van der Waals surface area (Å²) in [6.07, 6.45) is 0. The van der Waals surface area contributed by atoms with E-state index < -0.39 is 0 Å². The normalized spacial score (nSPS) is 10.5. The molecule has 2 N–H and O–H groups in total. The number of hydrogen-bond acceptors (Lipinski definition) is 2. The van der Waals surface area contributed by atoms with Gasteiger partial charge in [-0.1, -0.05) is 41.4 Å². The Balaban J connectivity index is 2.15. The Morgan fingerprint density at radius 3 is 2.21 bits per heavy atom. The molecule has 0 saturated heterocycles. The second kappa shape index (κ2) is 6.60. The van der Waals surface area contributed by atoms with Gasteiger partial charge in [0.05, 0.1) is 0 Å². The highest BCUT2D eigenvalue weighted by Crippen LogP contribution is 2.18. The van der Waals surface area contributed by atoms with Crippen molar-refractivity contribution in [2.45, 2.75) is 13.5 Å². The zero-order valence-corrected chi connectivity index (χ0v) is 11.9. The fourth-order valence-electron chi connectivity index (χ4n) is 2.02. The van der Waals surface area contributed by atoms with E-state index >= 15 is 0 Å². The molecule has 2 aromatic rings. The van der Waals surface area contributed by atoms with Gasteiger partial charge in [-0.05, 0) is 36.8 Å². The molecule has 0 atom stereocenters. The Morgan fingerprint density at radius 2 is 1.63 bits per heavy atom. The van der Waals surface area contributed by atoms with Crippen LogP contribution in [0.1, 0.15) is 11.1 Å². The Kier molecular flexibility index (Phi) is 4.83. The van der Waals surface area contributed by atoms with Crippen molar-refractivity contribution in [3.8, 4) is 0 Å². The number of benzene rings is 2. The van der Waals surface area contributed by atoms with Crippen LogP contribution in [0.2, 0.25) is 5.02 Å². The second-order valence-corrected chi connectivity index (χ2v) is 5.11. The van der Waals surface area contributed by atoms with Gasteiger partial charge in [-0.25, -0.2) is 0 Å². The quantitative estimate of drug-likeness (QED) is 0.902. The predicted molar refractivity (Wildman–Crippen MR) is 82.7 cm³/mol. The number of halogens is 1. The van der Waals surface area contributed by atoms with Crippen molar-refractivity contribution in [1.82, 2.24) is 0 Å². The van der Waals surface area contributed by atoms with Crippen molar-refractivity contribution in [2.75, 3.05) is 18.0 Å². The van der Waals surface area contributed by atoms with Crippen molar-refractivity contribution in [1.29, 1.82) is 0 Å². The number of aryl methyl sites for hydroxylation is 1. The minimum Gasteiger partial charge on any atom is -0.366 e. The number of nitrogens with two attached hydrogens (primary N) is 1. The van der Waals surface area contributed by atoms with Crippen LogP contribution in [0.4, 0.5) is 5.69 Å². The highest BCUT2D eigenvalue weighted by molar-refractivity contribution is 6.30. The maximum Gasteiger partial charge on any atom is 0.0430 e. The van der Waals surface area contributed by atoms with Gasteiger partial charge < -0.3 is 10.6 Å². The monoisotopic (exact) mass is 274 g/mol. The molecule has 0 saturated carbocycles. The first kappa shape index (κ1) is 13.9. The standard InChI is InChI=1S/C16H19ClN2/c1-13-2-8-16(9-3-13)19(11-10-18)12-14-4-6-15(17)7-5-14/h2-9H,10-12,18H2,1H3. The van der Waals surface area contributed by atoms with Gasteiger partial charge in [0.25, 0.3) is 0 Å². The first-order chi connectivity index (χ1) is 9.19. The maximum absolute atomic E-state index is 5.91. The third-order valence-corrected chi connectivity index (χ3v) is 3.34. The Labute approximate surface area is 119 Å². The molecular formula is C16H19ClN2. The molecule has 0 aliphatic heterocycles. The van der Waals surface area contributed by atoms with Gasteiger partial charge in [-0.2, -0.15) is 0 Å². The summed E-state index contributed by atoms with van der Waals surface area (Å²) in [5, 5.41) is 0.768. The molecule has 0 aliphatic rings. The van der Waals surface area contributed by atoms with Crippen LogP contribution in [-0.2, 0) is 6.54 Å². The zero-order valence-electron chi connectivity index (χ0n) is 11.1. The molecule has 2 rings (SSSR count). The van der Waals surface area contributed by atoms with E-state index in [9.17, 15) is 0 Å². The molecule has 2 aromatic carbocycles. The number of anilines is 1. The van der Waals surface area contributed by atoms with Crippen LogP contribution in [0.15, 0.2) is 48.5 Å². The minimum absolute atomic E-state index is 0.640. The molecule has 0 heterocycles. The molecule has 2 nitrogen and oxygen atoms in total. The molecule has 0 radical (unpaired) electrons. The van der Waals surface area contributed by atoms with E-state index in [0.29, 0.717) is 6.54 Å². The third kappa shape index (κ3) is 3.98. The number of hydrogen-bond donors (Lipinski definition) is 1. The first-order valence-electron chi connectivity index (χ1n) is 6.45. The van der Waals surface area contributed by atoms with Gasteiger partial charge in [0, 0.05) is 30.3 Å². The summed E-state index contributed by atoms with van der Waals surface area (Å²) in [5.41, 5.74) is 9.41. The number of nitrogens with zero attached hydrogens (tertiary/aromatic N) is 1. The van der Waals surface area contributed by atoms with Crippen molar-refractivity contribution in [3.63, 3.8) is 0 Å². The summed E-state index contributed by atoms with van der Waals surface area (Å²) in [6, 6.07) is 16.5.